The first-order valence-electron chi connectivity index (χ1n) is 13.6. The van der Waals surface area contributed by atoms with Crippen molar-refractivity contribution in [1.82, 2.24) is 34.4 Å². The summed E-state index contributed by atoms with van der Waals surface area (Å²) in [7, 11) is 0. The van der Waals surface area contributed by atoms with Gasteiger partial charge in [0.15, 0.2) is 5.82 Å². The molecule has 0 spiro atoms. The van der Waals surface area contributed by atoms with Gasteiger partial charge < -0.3 is 0 Å². The lowest BCUT2D eigenvalue weighted by molar-refractivity contribution is 0.202. The summed E-state index contributed by atoms with van der Waals surface area (Å²) in [6.45, 7) is 2.98. The number of nitrogens with zero attached hydrogens (tertiary/aromatic N) is 6. The van der Waals surface area contributed by atoms with E-state index >= 15 is 0 Å². The van der Waals surface area contributed by atoms with Gasteiger partial charge in [0.05, 0.1) is 16.4 Å². The number of benzene rings is 2. The first-order valence-corrected chi connectivity index (χ1v) is 14.0. The Bertz CT molecular complexity index is 1740. The van der Waals surface area contributed by atoms with Gasteiger partial charge in [-0.3, -0.25) is 19.4 Å². The molecule has 40 heavy (non-hydrogen) atoms. The lowest BCUT2D eigenvalue weighted by atomic mass is 9.95. The Labute approximate surface area is 237 Å². The molecule has 1 fully saturated rings. The molecular formula is C32H28ClN7. The maximum Gasteiger partial charge on any atom is 0.199 e. The maximum atomic E-state index is 6.35. The molecule has 0 unspecified atom stereocenters. The lowest BCUT2D eigenvalue weighted by Gasteiger charge is -2.30. The third-order valence-electron chi connectivity index (χ3n) is 7.63. The Morgan fingerprint density at radius 1 is 0.825 bits per heavy atom. The molecule has 0 amide bonds. The molecule has 7 rings (SSSR count). The standard InChI is InChI=1S/C32H28ClN7/c33-26-13-14-28-35-29(30(40(28)21-26)24-6-2-1-3-7-24)23-11-9-22(10-12-23)20-39-18-15-25(16-19-39)31-36-32(38-37-31)27-8-4-5-17-34-27/h1-14,17,21,25H,15-16,18-20H2,(H,36,37,38). The van der Waals surface area contributed by atoms with Crippen LogP contribution < -0.4 is 0 Å². The monoisotopic (exact) mass is 545 g/mol. The molecule has 8 heteroatoms. The van der Waals surface area contributed by atoms with Crippen LogP contribution in [0.15, 0.2) is 97.3 Å². The highest BCUT2D eigenvalue weighted by Gasteiger charge is 2.24. The van der Waals surface area contributed by atoms with Gasteiger partial charge in [-0.15, -0.1) is 0 Å². The number of nitrogens with one attached hydrogen (secondary N) is 1. The number of pyridine rings is 2. The molecule has 2 aromatic carbocycles. The van der Waals surface area contributed by atoms with E-state index in [1.165, 1.54) is 5.56 Å². The van der Waals surface area contributed by atoms with Gasteiger partial charge in [0.1, 0.15) is 17.2 Å². The summed E-state index contributed by atoms with van der Waals surface area (Å²) in [4.78, 5) is 16.6. The number of rotatable bonds is 6. The number of likely N-dealkylation sites (tertiary alicyclic amines) is 1. The van der Waals surface area contributed by atoms with Crippen molar-refractivity contribution in [3.8, 4) is 34.0 Å². The van der Waals surface area contributed by atoms with Gasteiger partial charge in [-0.2, -0.15) is 5.10 Å². The Kier molecular flexibility index (Phi) is 6.59. The van der Waals surface area contributed by atoms with E-state index in [-0.39, 0.29) is 0 Å². The highest BCUT2D eigenvalue weighted by atomic mass is 35.5. The van der Waals surface area contributed by atoms with E-state index in [1.54, 1.807) is 6.20 Å². The lowest BCUT2D eigenvalue weighted by Crippen LogP contribution is -2.32. The molecule has 0 aliphatic carbocycles. The molecule has 0 atom stereocenters. The van der Waals surface area contributed by atoms with Gasteiger partial charge in [-0.1, -0.05) is 72.3 Å². The maximum absolute atomic E-state index is 6.35. The van der Waals surface area contributed by atoms with Crippen LogP contribution in [-0.2, 0) is 6.54 Å². The smallest absolute Gasteiger partial charge is 0.199 e. The highest BCUT2D eigenvalue weighted by Crippen LogP contribution is 2.34. The van der Waals surface area contributed by atoms with Crippen molar-refractivity contribution in [3.05, 3.63) is 114 Å². The Morgan fingerprint density at radius 3 is 2.40 bits per heavy atom. The minimum absolute atomic E-state index is 0.392. The van der Waals surface area contributed by atoms with Crippen molar-refractivity contribution in [3.63, 3.8) is 0 Å². The van der Waals surface area contributed by atoms with Crippen LogP contribution in [0.25, 0.3) is 39.7 Å². The molecule has 0 radical (unpaired) electrons. The topological polar surface area (TPSA) is 75.0 Å². The quantitative estimate of drug-likeness (QED) is 0.247. The van der Waals surface area contributed by atoms with Crippen molar-refractivity contribution < 1.29 is 0 Å². The Morgan fingerprint density at radius 2 is 1.62 bits per heavy atom. The van der Waals surface area contributed by atoms with Crippen LogP contribution in [0.5, 0.6) is 0 Å². The number of piperidine rings is 1. The average molecular weight is 546 g/mol. The molecule has 1 saturated heterocycles. The fourth-order valence-corrected chi connectivity index (χ4v) is 5.71. The van der Waals surface area contributed by atoms with Crippen molar-refractivity contribution in [2.45, 2.75) is 25.3 Å². The van der Waals surface area contributed by atoms with Crippen molar-refractivity contribution in [1.29, 1.82) is 0 Å². The van der Waals surface area contributed by atoms with Crippen molar-refractivity contribution in [2.75, 3.05) is 13.1 Å². The molecule has 5 heterocycles. The predicted molar refractivity (Wildman–Crippen MR) is 158 cm³/mol. The zero-order chi connectivity index (χ0) is 26.9. The van der Waals surface area contributed by atoms with E-state index in [0.29, 0.717) is 16.8 Å². The van der Waals surface area contributed by atoms with Gasteiger partial charge in [-0.05, 0) is 55.8 Å². The molecule has 1 aliphatic heterocycles. The van der Waals surface area contributed by atoms with E-state index in [1.807, 2.05) is 42.6 Å². The molecule has 0 bridgehead atoms. The number of aromatic amines is 1. The highest BCUT2D eigenvalue weighted by molar-refractivity contribution is 6.30. The Hall–Kier alpha value is -4.33. The molecule has 4 aromatic heterocycles. The number of hydrogen-bond acceptors (Lipinski definition) is 5. The normalized spacial score (nSPS) is 14.6. The van der Waals surface area contributed by atoms with Gasteiger partial charge in [0, 0.05) is 36.0 Å². The first-order chi connectivity index (χ1) is 19.7. The van der Waals surface area contributed by atoms with Crippen molar-refractivity contribution >= 4 is 17.2 Å². The van der Waals surface area contributed by atoms with Gasteiger partial charge in [0.2, 0.25) is 0 Å². The fraction of sp³-hybridized carbons (Fsp3) is 0.188. The zero-order valence-corrected chi connectivity index (χ0v) is 22.7. The SMILES string of the molecule is Clc1ccc2nc(-c3ccc(CN4CCC(c5nc(-c6ccccn6)n[nH]5)CC4)cc3)c(-c3ccccc3)n2c1. The molecule has 198 valence electrons. The summed E-state index contributed by atoms with van der Waals surface area (Å²) in [5, 5.41) is 8.24. The third kappa shape index (κ3) is 4.90. The molecule has 0 saturated carbocycles. The second-order valence-electron chi connectivity index (χ2n) is 10.3. The van der Waals surface area contributed by atoms with Gasteiger partial charge in [-0.25, -0.2) is 9.97 Å². The second kappa shape index (κ2) is 10.7. The molecule has 1 aliphatic rings. The summed E-state index contributed by atoms with van der Waals surface area (Å²) >= 11 is 6.35. The van der Waals surface area contributed by atoms with E-state index in [9.17, 15) is 0 Å². The fourth-order valence-electron chi connectivity index (χ4n) is 5.55. The number of halogens is 1. The molecule has 1 N–H and O–H groups in total. The molecule has 6 aromatic rings. The van der Waals surface area contributed by atoms with E-state index in [0.717, 1.165) is 72.2 Å². The van der Waals surface area contributed by atoms with Crippen LogP contribution in [0.2, 0.25) is 5.02 Å². The zero-order valence-electron chi connectivity index (χ0n) is 21.9. The summed E-state index contributed by atoms with van der Waals surface area (Å²) in [5.74, 6) is 2.03. The number of hydrogen-bond donors (Lipinski definition) is 1. The third-order valence-corrected chi connectivity index (χ3v) is 7.86. The summed E-state index contributed by atoms with van der Waals surface area (Å²) in [5.41, 5.74) is 7.18. The van der Waals surface area contributed by atoms with Crippen LogP contribution in [0.3, 0.4) is 0 Å². The van der Waals surface area contributed by atoms with Gasteiger partial charge >= 0.3 is 0 Å². The number of fused-ring (bicyclic) bond motifs is 1. The average Bonchev–Trinajstić information content (AvgIpc) is 3.65. The van der Waals surface area contributed by atoms with Crippen molar-refractivity contribution in [2.24, 2.45) is 0 Å². The minimum atomic E-state index is 0.392. The van der Waals surface area contributed by atoms with E-state index < -0.39 is 0 Å². The summed E-state index contributed by atoms with van der Waals surface area (Å²) < 4.78 is 2.08. The van der Waals surface area contributed by atoms with E-state index in [4.69, 9.17) is 21.6 Å². The second-order valence-corrected chi connectivity index (χ2v) is 10.7. The predicted octanol–water partition coefficient (Wildman–Crippen LogP) is 6.88. The van der Waals surface area contributed by atoms with Crippen LogP contribution >= 0.6 is 11.6 Å². The summed E-state index contributed by atoms with van der Waals surface area (Å²) in [6.07, 6.45) is 5.82. The number of imidazole rings is 1. The first kappa shape index (κ1) is 24.7. The van der Waals surface area contributed by atoms with Gasteiger partial charge in [0.25, 0.3) is 0 Å². The molecular weight excluding hydrogens is 518 g/mol. The van der Waals surface area contributed by atoms with E-state index in [2.05, 4.69) is 73.0 Å². The minimum Gasteiger partial charge on any atom is -0.299 e. The van der Waals surface area contributed by atoms with Crippen LogP contribution in [0.1, 0.15) is 30.1 Å². The number of aromatic nitrogens is 6. The van der Waals surface area contributed by atoms with Crippen LogP contribution in [0.4, 0.5) is 0 Å². The Balaban J connectivity index is 1.05. The number of H-pyrrole nitrogens is 1. The largest absolute Gasteiger partial charge is 0.299 e. The molecule has 7 nitrogen and oxygen atoms in total. The summed E-state index contributed by atoms with van der Waals surface area (Å²) in [6, 6.07) is 28.8. The van der Waals surface area contributed by atoms with Crippen LogP contribution in [-0.4, -0.2) is 47.5 Å². The van der Waals surface area contributed by atoms with Crippen LogP contribution in [0, 0.1) is 0 Å².